The normalized spacial score (nSPS) is 22.8. The van der Waals surface area contributed by atoms with Crippen LogP contribution >= 0.6 is 0 Å². The first-order valence-electron chi connectivity index (χ1n) is 10.2. The second-order valence-corrected chi connectivity index (χ2v) is 7.40. The fraction of sp³-hybridized carbons (Fsp3) is 0.773. The van der Waals surface area contributed by atoms with Gasteiger partial charge in [0, 0.05) is 19.6 Å². The molecule has 1 aliphatic carbocycles. The molecule has 2 atom stereocenters. The van der Waals surface area contributed by atoms with E-state index in [0.717, 1.165) is 38.5 Å². The van der Waals surface area contributed by atoms with Crippen molar-refractivity contribution in [2.45, 2.75) is 84.5 Å². The van der Waals surface area contributed by atoms with Crippen molar-refractivity contribution in [3.63, 3.8) is 0 Å². The molecule has 0 saturated heterocycles. The molecule has 1 rings (SSSR count). The van der Waals surface area contributed by atoms with Crippen molar-refractivity contribution in [3.05, 3.63) is 23.8 Å². The average Bonchev–Trinajstić information content (AvgIpc) is 2.60. The lowest BCUT2D eigenvalue weighted by Gasteiger charge is -2.39. The Balaban J connectivity index is 2.73. The van der Waals surface area contributed by atoms with Gasteiger partial charge in [0.25, 0.3) is 0 Å². The lowest BCUT2D eigenvalue weighted by atomic mass is 9.64. The highest BCUT2D eigenvalue weighted by Gasteiger charge is 2.45. The summed E-state index contributed by atoms with van der Waals surface area (Å²) in [7, 11) is 1.70. The van der Waals surface area contributed by atoms with Gasteiger partial charge >= 0.3 is 5.97 Å². The summed E-state index contributed by atoms with van der Waals surface area (Å²) in [6.45, 7) is 5.00. The third kappa shape index (κ3) is 6.62. The smallest absolute Gasteiger partial charge is 0.314 e. The molecule has 0 spiro atoms. The van der Waals surface area contributed by atoms with E-state index in [-0.39, 0.29) is 5.92 Å². The number of aliphatic carboxylic acids is 1. The molecule has 0 heterocycles. The molecule has 2 unspecified atom stereocenters. The van der Waals surface area contributed by atoms with Crippen molar-refractivity contribution in [3.8, 4) is 0 Å². The summed E-state index contributed by atoms with van der Waals surface area (Å²) in [4.78, 5) is 12.3. The van der Waals surface area contributed by atoms with Crippen molar-refractivity contribution < 1.29 is 14.6 Å². The minimum atomic E-state index is -0.749. The molecule has 0 saturated carbocycles. The van der Waals surface area contributed by atoms with Crippen LogP contribution in [0, 0.1) is 11.3 Å². The summed E-state index contributed by atoms with van der Waals surface area (Å²) in [5.74, 6) is -0.604. The Morgan fingerprint density at radius 3 is 2.40 bits per heavy atom. The van der Waals surface area contributed by atoms with E-state index < -0.39 is 11.4 Å². The van der Waals surface area contributed by atoms with Gasteiger partial charge in [-0.1, -0.05) is 89.0 Å². The number of rotatable bonds is 14. The van der Waals surface area contributed by atoms with Gasteiger partial charge in [0.15, 0.2) is 0 Å². The number of allylic oxidation sites excluding steroid dienone is 3. The molecule has 0 aromatic heterocycles. The van der Waals surface area contributed by atoms with Crippen LogP contribution in [0.3, 0.4) is 0 Å². The van der Waals surface area contributed by atoms with Crippen molar-refractivity contribution in [2.75, 3.05) is 13.7 Å². The molecule has 0 bridgehead atoms. The van der Waals surface area contributed by atoms with Gasteiger partial charge in [-0.2, -0.15) is 0 Å². The fourth-order valence-corrected chi connectivity index (χ4v) is 4.09. The molecular weight excluding hydrogens is 312 g/mol. The van der Waals surface area contributed by atoms with E-state index in [1.165, 1.54) is 37.7 Å². The first-order valence-corrected chi connectivity index (χ1v) is 10.2. The summed E-state index contributed by atoms with van der Waals surface area (Å²) >= 11 is 0. The SMILES string of the molecule is CCCCCCCCCC1(C(=O)O)C=CC=C(CCC)C1CCOC. The van der Waals surface area contributed by atoms with Gasteiger partial charge in [0.1, 0.15) is 0 Å². The van der Waals surface area contributed by atoms with Crippen LogP contribution in [0.2, 0.25) is 0 Å². The van der Waals surface area contributed by atoms with Gasteiger partial charge < -0.3 is 9.84 Å². The molecule has 1 aliphatic rings. The Hall–Kier alpha value is -1.09. The Morgan fingerprint density at radius 1 is 1.12 bits per heavy atom. The molecule has 0 aliphatic heterocycles. The second-order valence-electron chi connectivity index (χ2n) is 7.40. The first kappa shape index (κ1) is 22.0. The fourth-order valence-electron chi connectivity index (χ4n) is 4.09. The molecule has 0 fully saturated rings. The van der Waals surface area contributed by atoms with Crippen molar-refractivity contribution in [2.24, 2.45) is 11.3 Å². The van der Waals surface area contributed by atoms with Crippen LogP contribution in [0.15, 0.2) is 23.8 Å². The number of hydrogen-bond acceptors (Lipinski definition) is 2. The highest BCUT2D eigenvalue weighted by Crippen LogP contribution is 2.45. The van der Waals surface area contributed by atoms with Gasteiger partial charge in [-0.15, -0.1) is 0 Å². The van der Waals surface area contributed by atoms with E-state index in [0.29, 0.717) is 6.61 Å². The minimum Gasteiger partial charge on any atom is -0.481 e. The van der Waals surface area contributed by atoms with Gasteiger partial charge in [0.2, 0.25) is 0 Å². The number of carboxylic acids is 1. The maximum Gasteiger partial charge on any atom is 0.314 e. The zero-order chi connectivity index (χ0) is 18.5. The van der Waals surface area contributed by atoms with Crippen molar-refractivity contribution >= 4 is 5.97 Å². The Kier molecular flexibility index (Phi) is 10.8. The Bertz CT molecular complexity index is 439. The van der Waals surface area contributed by atoms with Crippen LogP contribution in [0.5, 0.6) is 0 Å². The van der Waals surface area contributed by atoms with E-state index in [1.54, 1.807) is 7.11 Å². The Morgan fingerprint density at radius 2 is 1.80 bits per heavy atom. The lowest BCUT2D eigenvalue weighted by Crippen LogP contribution is -2.40. The predicted molar refractivity (Wildman–Crippen MR) is 105 cm³/mol. The number of hydrogen-bond donors (Lipinski definition) is 1. The van der Waals surface area contributed by atoms with Crippen LogP contribution in [0.25, 0.3) is 0 Å². The molecule has 3 heteroatoms. The van der Waals surface area contributed by atoms with Crippen molar-refractivity contribution in [1.29, 1.82) is 0 Å². The quantitative estimate of drug-likeness (QED) is 0.382. The molecule has 3 nitrogen and oxygen atoms in total. The maximum atomic E-state index is 12.3. The Labute approximate surface area is 154 Å². The summed E-state index contributed by atoms with van der Waals surface area (Å²) < 4.78 is 5.28. The van der Waals surface area contributed by atoms with Crippen LogP contribution in [-0.4, -0.2) is 24.8 Å². The highest BCUT2D eigenvalue weighted by atomic mass is 16.5. The summed E-state index contributed by atoms with van der Waals surface area (Å²) in [6.07, 6.45) is 18.1. The summed E-state index contributed by atoms with van der Waals surface area (Å²) in [5.41, 5.74) is 0.536. The lowest BCUT2D eigenvalue weighted by molar-refractivity contribution is -0.149. The summed E-state index contributed by atoms with van der Waals surface area (Å²) in [6, 6.07) is 0. The number of carboxylic acid groups (broad SMARTS) is 1. The highest BCUT2D eigenvalue weighted by molar-refractivity contribution is 5.79. The number of methoxy groups -OCH3 is 1. The molecule has 0 amide bonds. The number of carbonyl (C=O) groups is 1. The third-order valence-corrected chi connectivity index (χ3v) is 5.51. The summed E-state index contributed by atoms with van der Waals surface area (Å²) in [5, 5.41) is 10.1. The van der Waals surface area contributed by atoms with Crippen LogP contribution in [0.1, 0.15) is 84.5 Å². The van der Waals surface area contributed by atoms with Crippen molar-refractivity contribution in [1.82, 2.24) is 0 Å². The van der Waals surface area contributed by atoms with E-state index in [4.69, 9.17) is 4.74 Å². The third-order valence-electron chi connectivity index (χ3n) is 5.51. The first-order chi connectivity index (χ1) is 12.1. The zero-order valence-electron chi connectivity index (χ0n) is 16.6. The number of unbranched alkanes of at least 4 members (excludes halogenated alkanes) is 6. The molecule has 25 heavy (non-hydrogen) atoms. The van der Waals surface area contributed by atoms with Gasteiger partial charge in [-0.25, -0.2) is 0 Å². The second kappa shape index (κ2) is 12.3. The van der Waals surface area contributed by atoms with Gasteiger partial charge in [0.05, 0.1) is 5.41 Å². The van der Waals surface area contributed by atoms with E-state index in [2.05, 4.69) is 19.9 Å². The van der Waals surface area contributed by atoms with Crippen LogP contribution in [0.4, 0.5) is 0 Å². The molecule has 0 aromatic carbocycles. The minimum absolute atomic E-state index is 0.0648. The maximum absolute atomic E-state index is 12.3. The van der Waals surface area contributed by atoms with Crippen LogP contribution in [-0.2, 0) is 9.53 Å². The average molecular weight is 351 g/mol. The largest absolute Gasteiger partial charge is 0.481 e. The standard InChI is InChI=1S/C22H38O3/c1-4-6-7-8-9-10-11-16-22(21(23)24)17-12-14-19(13-5-2)20(22)15-18-25-3/h12,14,17,20H,4-11,13,15-16,18H2,1-3H3,(H,23,24). The monoisotopic (exact) mass is 350 g/mol. The zero-order valence-corrected chi connectivity index (χ0v) is 16.6. The van der Waals surface area contributed by atoms with E-state index in [9.17, 15) is 9.90 Å². The topological polar surface area (TPSA) is 46.5 Å². The predicted octanol–water partition coefficient (Wildman–Crippen LogP) is 6.15. The van der Waals surface area contributed by atoms with Crippen LogP contribution < -0.4 is 0 Å². The van der Waals surface area contributed by atoms with E-state index in [1.807, 2.05) is 12.2 Å². The molecule has 1 N–H and O–H groups in total. The molecule has 0 aromatic rings. The van der Waals surface area contributed by atoms with E-state index >= 15 is 0 Å². The van der Waals surface area contributed by atoms with Gasteiger partial charge in [-0.3, -0.25) is 4.79 Å². The molecular formula is C22H38O3. The number of ether oxygens (including phenoxy) is 1. The molecule has 144 valence electrons. The van der Waals surface area contributed by atoms with Gasteiger partial charge in [-0.05, 0) is 19.3 Å². The molecule has 0 radical (unpaired) electrons.